The Morgan fingerprint density at radius 2 is 1.83 bits per heavy atom. The fourth-order valence-electron chi connectivity index (χ4n) is 3.11. The molecular formula is C16H33Cl2N3O2. The number of morpholine rings is 1. The minimum atomic E-state index is 0. The van der Waals surface area contributed by atoms with Crippen LogP contribution < -0.4 is 10.6 Å². The zero-order valence-electron chi connectivity index (χ0n) is 14.1. The van der Waals surface area contributed by atoms with Gasteiger partial charge in [0.1, 0.15) is 0 Å². The molecule has 2 rings (SSSR count). The lowest BCUT2D eigenvalue weighted by molar-refractivity contribution is -0.121. The number of amides is 1. The number of piperidine rings is 1. The summed E-state index contributed by atoms with van der Waals surface area (Å²) in [6.07, 6.45) is 6.46. The smallest absolute Gasteiger partial charge is 0.220 e. The van der Waals surface area contributed by atoms with E-state index in [4.69, 9.17) is 4.74 Å². The van der Waals surface area contributed by atoms with Gasteiger partial charge in [-0.05, 0) is 57.7 Å². The van der Waals surface area contributed by atoms with E-state index in [-0.39, 0.29) is 30.7 Å². The highest BCUT2D eigenvalue weighted by molar-refractivity contribution is 5.85. The Hall–Kier alpha value is -0.0700. The molecule has 0 aromatic rings. The number of halogens is 2. The molecule has 23 heavy (non-hydrogen) atoms. The van der Waals surface area contributed by atoms with Crippen molar-refractivity contribution in [1.82, 2.24) is 15.5 Å². The van der Waals surface area contributed by atoms with E-state index in [0.29, 0.717) is 6.42 Å². The first-order valence-electron chi connectivity index (χ1n) is 8.62. The average molecular weight is 370 g/mol. The molecule has 0 unspecified atom stereocenters. The van der Waals surface area contributed by atoms with E-state index >= 15 is 0 Å². The molecule has 138 valence electrons. The van der Waals surface area contributed by atoms with E-state index in [0.717, 1.165) is 77.7 Å². The topological polar surface area (TPSA) is 53.6 Å². The second-order valence-corrected chi connectivity index (χ2v) is 6.24. The number of carbonyl (C=O) groups is 1. The van der Waals surface area contributed by atoms with Crippen molar-refractivity contribution < 1.29 is 9.53 Å². The number of hydrogen-bond acceptors (Lipinski definition) is 4. The van der Waals surface area contributed by atoms with Gasteiger partial charge >= 0.3 is 0 Å². The summed E-state index contributed by atoms with van der Waals surface area (Å²) in [5, 5.41) is 6.43. The molecule has 2 N–H and O–H groups in total. The molecule has 0 atom stereocenters. The minimum absolute atomic E-state index is 0. The van der Waals surface area contributed by atoms with Crippen LogP contribution >= 0.6 is 24.8 Å². The highest BCUT2D eigenvalue weighted by Crippen LogP contribution is 2.17. The lowest BCUT2D eigenvalue weighted by atomic mass is 9.93. The number of carbonyl (C=O) groups excluding carboxylic acids is 1. The Morgan fingerprint density at radius 1 is 1.13 bits per heavy atom. The van der Waals surface area contributed by atoms with E-state index in [2.05, 4.69) is 15.5 Å². The molecule has 7 heteroatoms. The summed E-state index contributed by atoms with van der Waals surface area (Å²) in [4.78, 5) is 14.2. The van der Waals surface area contributed by atoms with Gasteiger partial charge in [-0.1, -0.05) is 0 Å². The number of nitrogens with zero attached hydrogens (tertiary/aromatic N) is 1. The van der Waals surface area contributed by atoms with Gasteiger partial charge in [0.05, 0.1) is 13.2 Å². The Labute approximate surface area is 153 Å². The molecule has 2 saturated heterocycles. The van der Waals surface area contributed by atoms with Crippen molar-refractivity contribution in [3.8, 4) is 0 Å². The van der Waals surface area contributed by atoms with Crippen LogP contribution in [0.1, 0.15) is 38.5 Å². The SMILES string of the molecule is Cl.Cl.O=C(CCC1CCNCC1)NCCCCN1CCOCC1. The van der Waals surface area contributed by atoms with Crippen molar-refractivity contribution in [2.24, 2.45) is 5.92 Å². The normalized spacial score (nSPS) is 19.5. The number of nitrogens with one attached hydrogen (secondary N) is 2. The molecular weight excluding hydrogens is 337 g/mol. The van der Waals surface area contributed by atoms with Gasteiger partial charge in [0.15, 0.2) is 0 Å². The predicted octanol–water partition coefficient (Wildman–Crippen LogP) is 1.84. The fourth-order valence-corrected chi connectivity index (χ4v) is 3.11. The zero-order chi connectivity index (χ0) is 14.8. The fraction of sp³-hybridized carbons (Fsp3) is 0.938. The summed E-state index contributed by atoms with van der Waals surface area (Å²) in [6, 6.07) is 0. The summed E-state index contributed by atoms with van der Waals surface area (Å²) in [5.41, 5.74) is 0. The van der Waals surface area contributed by atoms with E-state index in [9.17, 15) is 4.79 Å². The number of hydrogen-bond donors (Lipinski definition) is 2. The van der Waals surface area contributed by atoms with Crippen LogP contribution in [0.25, 0.3) is 0 Å². The third-order valence-electron chi connectivity index (χ3n) is 4.57. The summed E-state index contributed by atoms with van der Waals surface area (Å²) < 4.78 is 5.33. The summed E-state index contributed by atoms with van der Waals surface area (Å²) in [6.45, 7) is 8.05. The maximum atomic E-state index is 11.8. The Balaban J connectivity index is 0.00000242. The molecule has 0 radical (unpaired) electrons. The van der Waals surface area contributed by atoms with Crippen molar-refractivity contribution in [3.63, 3.8) is 0 Å². The zero-order valence-corrected chi connectivity index (χ0v) is 15.7. The molecule has 0 bridgehead atoms. The first kappa shape index (κ1) is 22.9. The minimum Gasteiger partial charge on any atom is -0.379 e. The first-order valence-corrected chi connectivity index (χ1v) is 8.62. The van der Waals surface area contributed by atoms with E-state index < -0.39 is 0 Å². The van der Waals surface area contributed by atoms with Gasteiger partial charge in [0.25, 0.3) is 0 Å². The number of rotatable bonds is 8. The van der Waals surface area contributed by atoms with Crippen LogP contribution in [0.4, 0.5) is 0 Å². The second-order valence-electron chi connectivity index (χ2n) is 6.24. The lowest BCUT2D eigenvalue weighted by Crippen LogP contribution is -2.37. The molecule has 5 nitrogen and oxygen atoms in total. The van der Waals surface area contributed by atoms with Crippen molar-refractivity contribution in [2.45, 2.75) is 38.5 Å². The number of unbranched alkanes of at least 4 members (excludes halogenated alkanes) is 1. The van der Waals surface area contributed by atoms with Crippen LogP contribution in [-0.2, 0) is 9.53 Å². The van der Waals surface area contributed by atoms with Gasteiger partial charge in [-0.25, -0.2) is 0 Å². The maximum Gasteiger partial charge on any atom is 0.220 e. The van der Waals surface area contributed by atoms with Gasteiger partial charge in [-0.15, -0.1) is 24.8 Å². The molecule has 0 aromatic carbocycles. The van der Waals surface area contributed by atoms with Crippen molar-refractivity contribution >= 4 is 30.7 Å². The Morgan fingerprint density at radius 3 is 2.52 bits per heavy atom. The standard InChI is InChI=1S/C16H31N3O2.2ClH/c20-16(4-3-15-5-8-17-9-6-15)18-7-1-2-10-19-11-13-21-14-12-19;;/h15,17H,1-14H2,(H,18,20);2*1H. The predicted molar refractivity (Wildman–Crippen MR) is 98.8 cm³/mol. The highest BCUT2D eigenvalue weighted by atomic mass is 35.5. The summed E-state index contributed by atoms with van der Waals surface area (Å²) in [5.74, 6) is 0.984. The first-order chi connectivity index (χ1) is 10.3. The molecule has 0 aromatic heterocycles. The summed E-state index contributed by atoms with van der Waals surface area (Å²) >= 11 is 0. The molecule has 2 fully saturated rings. The number of ether oxygens (including phenoxy) is 1. The third kappa shape index (κ3) is 10.4. The molecule has 0 spiro atoms. The van der Waals surface area contributed by atoms with E-state index in [1.165, 1.54) is 12.8 Å². The molecule has 0 aliphatic carbocycles. The second kappa shape index (κ2) is 14.3. The van der Waals surface area contributed by atoms with Gasteiger partial charge in [-0.3, -0.25) is 9.69 Å². The van der Waals surface area contributed by atoms with Gasteiger partial charge in [0.2, 0.25) is 5.91 Å². The largest absolute Gasteiger partial charge is 0.379 e. The van der Waals surface area contributed by atoms with Gasteiger partial charge < -0.3 is 15.4 Å². The van der Waals surface area contributed by atoms with Crippen molar-refractivity contribution in [1.29, 1.82) is 0 Å². The van der Waals surface area contributed by atoms with Crippen LogP contribution in [-0.4, -0.2) is 63.3 Å². The van der Waals surface area contributed by atoms with Crippen LogP contribution in [0.3, 0.4) is 0 Å². The highest BCUT2D eigenvalue weighted by Gasteiger charge is 2.14. The van der Waals surface area contributed by atoms with Gasteiger partial charge in [-0.2, -0.15) is 0 Å². The molecule has 2 heterocycles. The van der Waals surface area contributed by atoms with E-state index in [1.807, 2.05) is 0 Å². The quantitative estimate of drug-likeness (QED) is 0.641. The van der Waals surface area contributed by atoms with Crippen LogP contribution in [0.15, 0.2) is 0 Å². The maximum absolute atomic E-state index is 11.8. The molecule has 2 aliphatic heterocycles. The summed E-state index contributed by atoms with van der Waals surface area (Å²) in [7, 11) is 0. The van der Waals surface area contributed by atoms with Crippen molar-refractivity contribution in [3.05, 3.63) is 0 Å². The Kier molecular flexibility index (Phi) is 14.2. The van der Waals surface area contributed by atoms with E-state index in [1.54, 1.807) is 0 Å². The molecule has 2 aliphatic rings. The Bertz CT molecular complexity index is 297. The third-order valence-corrected chi connectivity index (χ3v) is 4.57. The lowest BCUT2D eigenvalue weighted by Gasteiger charge is -2.26. The van der Waals surface area contributed by atoms with Crippen molar-refractivity contribution in [2.75, 3.05) is 52.5 Å². The van der Waals surface area contributed by atoms with Crippen LogP contribution in [0.2, 0.25) is 0 Å². The average Bonchev–Trinajstić information content (AvgIpc) is 2.54. The molecule has 0 saturated carbocycles. The molecule has 1 amide bonds. The monoisotopic (exact) mass is 369 g/mol. The van der Waals surface area contributed by atoms with Crippen LogP contribution in [0, 0.1) is 5.92 Å². The van der Waals surface area contributed by atoms with Crippen LogP contribution in [0.5, 0.6) is 0 Å². The van der Waals surface area contributed by atoms with Gasteiger partial charge in [0, 0.05) is 26.1 Å².